The molecule has 2 heterocycles. The normalized spacial score (nSPS) is 16.0. The van der Waals surface area contributed by atoms with Crippen molar-refractivity contribution in [2.45, 2.75) is 39.2 Å². The van der Waals surface area contributed by atoms with Crippen molar-refractivity contribution in [3.63, 3.8) is 0 Å². The van der Waals surface area contributed by atoms with E-state index in [4.69, 9.17) is 0 Å². The Labute approximate surface area is 165 Å². The Hall–Kier alpha value is -2.04. The van der Waals surface area contributed by atoms with Gasteiger partial charge in [-0.2, -0.15) is 0 Å². The quantitative estimate of drug-likeness (QED) is 0.604. The lowest BCUT2D eigenvalue weighted by molar-refractivity contribution is -0.119. The summed E-state index contributed by atoms with van der Waals surface area (Å²) >= 11 is 1.70. The molecule has 0 bridgehead atoms. The van der Waals surface area contributed by atoms with Crippen LogP contribution in [0.4, 0.5) is 0 Å². The van der Waals surface area contributed by atoms with Crippen LogP contribution in [0.25, 0.3) is 10.2 Å². The lowest BCUT2D eigenvalue weighted by atomic mass is 9.90. The molecule has 0 N–H and O–H groups in total. The van der Waals surface area contributed by atoms with Gasteiger partial charge >= 0.3 is 0 Å². The van der Waals surface area contributed by atoms with Crippen LogP contribution in [0.5, 0.6) is 0 Å². The first-order valence-corrected chi connectivity index (χ1v) is 10.6. The lowest BCUT2D eigenvalue weighted by Gasteiger charge is -2.31. The summed E-state index contributed by atoms with van der Waals surface area (Å²) in [5.41, 5.74) is 3.54. The Morgan fingerprint density at radius 2 is 1.89 bits per heavy atom. The van der Waals surface area contributed by atoms with E-state index >= 15 is 0 Å². The topological polar surface area (TPSA) is 33.2 Å². The molecule has 3 nitrogen and oxygen atoms in total. The molecule has 1 saturated heterocycles. The molecule has 1 fully saturated rings. The summed E-state index contributed by atoms with van der Waals surface area (Å²) in [5.74, 6) is 0.913. The van der Waals surface area contributed by atoms with Crippen LogP contribution in [-0.2, 0) is 17.8 Å². The minimum atomic E-state index is 0.372. The van der Waals surface area contributed by atoms with Crippen molar-refractivity contribution in [3.8, 4) is 0 Å². The third-order valence-corrected chi connectivity index (χ3v) is 6.37. The van der Waals surface area contributed by atoms with Crippen LogP contribution in [-0.4, -0.2) is 28.8 Å². The molecule has 0 amide bonds. The molecule has 27 heavy (non-hydrogen) atoms. The first-order valence-electron chi connectivity index (χ1n) is 9.80. The van der Waals surface area contributed by atoms with Crippen LogP contribution in [0, 0.1) is 12.8 Å². The zero-order valence-electron chi connectivity index (χ0n) is 15.9. The predicted octanol–water partition coefficient (Wildman–Crippen LogP) is 5.02. The molecule has 0 spiro atoms. The van der Waals surface area contributed by atoms with E-state index in [0.29, 0.717) is 18.1 Å². The van der Waals surface area contributed by atoms with E-state index in [1.165, 1.54) is 10.3 Å². The van der Waals surface area contributed by atoms with Gasteiger partial charge < -0.3 is 0 Å². The van der Waals surface area contributed by atoms with Gasteiger partial charge in [-0.25, -0.2) is 4.98 Å². The second kappa shape index (κ2) is 8.32. The van der Waals surface area contributed by atoms with Crippen molar-refractivity contribution in [2.24, 2.45) is 5.92 Å². The number of nitrogens with zero attached hydrogens (tertiary/aromatic N) is 2. The summed E-state index contributed by atoms with van der Waals surface area (Å²) in [7, 11) is 0. The van der Waals surface area contributed by atoms with E-state index in [1.807, 2.05) is 13.0 Å². The lowest BCUT2D eigenvalue weighted by Crippen LogP contribution is -2.34. The number of carbonyl (C=O) groups is 1. The SMILES string of the molecule is Cc1nc2ccc(CC(=O)CC3CCN(Cc4ccccc4)CC3)cc2s1. The maximum absolute atomic E-state index is 12.6. The molecule has 0 radical (unpaired) electrons. The minimum Gasteiger partial charge on any atom is -0.299 e. The number of Topliss-reactive ketones (excluding diaryl/α,β-unsaturated/α-hetero) is 1. The third kappa shape index (κ3) is 4.82. The molecule has 1 aliphatic rings. The number of fused-ring (bicyclic) bond motifs is 1. The van der Waals surface area contributed by atoms with Gasteiger partial charge in [0, 0.05) is 19.4 Å². The molecule has 1 aliphatic heterocycles. The number of hydrogen-bond acceptors (Lipinski definition) is 4. The summed E-state index contributed by atoms with van der Waals surface area (Å²) < 4.78 is 1.19. The maximum atomic E-state index is 12.6. The number of aryl methyl sites for hydroxylation is 1. The van der Waals surface area contributed by atoms with Crippen LogP contribution in [0.15, 0.2) is 48.5 Å². The van der Waals surface area contributed by atoms with Crippen molar-refractivity contribution in [1.29, 1.82) is 0 Å². The van der Waals surface area contributed by atoms with Gasteiger partial charge in [0.05, 0.1) is 15.2 Å². The van der Waals surface area contributed by atoms with Crippen molar-refractivity contribution in [3.05, 3.63) is 64.7 Å². The van der Waals surface area contributed by atoms with Gasteiger partial charge in [0.1, 0.15) is 5.78 Å². The standard InChI is InChI=1S/C23H26N2OS/c1-17-24-22-8-7-20(15-23(22)27-17)14-21(26)13-18-9-11-25(12-10-18)16-19-5-3-2-4-6-19/h2-8,15,18H,9-14,16H2,1H3. The summed E-state index contributed by atoms with van der Waals surface area (Å²) in [5, 5.41) is 1.08. The minimum absolute atomic E-state index is 0.372. The second-order valence-electron chi connectivity index (χ2n) is 7.66. The summed E-state index contributed by atoms with van der Waals surface area (Å²) in [4.78, 5) is 19.6. The van der Waals surface area contributed by atoms with E-state index in [1.54, 1.807) is 11.3 Å². The third-order valence-electron chi connectivity index (χ3n) is 5.43. The Kier molecular flexibility index (Phi) is 5.65. The van der Waals surface area contributed by atoms with Gasteiger partial charge in [0.2, 0.25) is 0 Å². The molecule has 4 rings (SSSR count). The molecule has 1 aromatic heterocycles. The van der Waals surface area contributed by atoms with Gasteiger partial charge in [-0.05, 0) is 62.0 Å². The first kappa shape index (κ1) is 18.3. The smallest absolute Gasteiger partial charge is 0.137 e. The number of thiazole rings is 1. The zero-order valence-corrected chi connectivity index (χ0v) is 16.7. The van der Waals surface area contributed by atoms with Crippen LogP contribution in [0.2, 0.25) is 0 Å². The molecule has 3 aromatic rings. The largest absolute Gasteiger partial charge is 0.299 e. The van der Waals surface area contributed by atoms with Gasteiger partial charge in [-0.1, -0.05) is 36.4 Å². The summed E-state index contributed by atoms with van der Waals surface area (Å²) in [6.07, 6.45) is 3.54. The zero-order chi connectivity index (χ0) is 18.6. The molecule has 0 saturated carbocycles. The molecule has 0 aliphatic carbocycles. The highest BCUT2D eigenvalue weighted by Crippen LogP contribution is 2.25. The molecule has 0 unspecified atom stereocenters. The first-order chi connectivity index (χ1) is 13.2. The van der Waals surface area contributed by atoms with Gasteiger partial charge in [0.15, 0.2) is 0 Å². The van der Waals surface area contributed by atoms with Crippen molar-refractivity contribution in [2.75, 3.05) is 13.1 Å². The summed E-state index contributed by atoms with van der Waals surface area (Å²) in [6.45, 7) is 5.24. The van der Waals surface area contributed by atoms with Gasteiger partial charge in [-0.3, -0.25) is 9.69 Å². The molecule has 2 aromatic carbocycles. The van der Waals surface area contributed by atoms with Crippen LogP contribution in [0.3, 0.4) is 0 Å². The molecular weight excluding hydrogens is 352 g/mol. The van der Waals surface area contributed by atoms with E-state index in [-0.39, 0.29) is 0 Å². The van der Waals surface area contributed by atoms with Gasteiger partial charge in [0.25, 0.3) is 0 Å². The Balaban J connectivity index is 1.26. The number of benzene rings is 2. The van der Waals surface area contributed by atoms with Crippen molar-refractivity contribution in [1.82, 2.24) is 9.88 Å². The van der Waals surface area contributed by atoms with Gasteiger partial charge in [-0.15, -0.1) is 11.3 Å². The average molecular weight is 379 g/mol. The number of likely N-dealkylation sites (tertiary alicyclic amines) is 1. The number of carbonyl (C=O) groups excluding carboxylic acids is 1. The van der Waals surface area contributed by atoms with Crippen LogP contribution < -0.4 is 0 Å². The fraction of sp³-hybridized carbons (Fsp3) is 0.391. The monoisotopic (exact) mass is 378 g/mol. The molecular formula is C23H26N2OS. The van der Waals surface area contributed by atoms with Crippen LogP contribution in [0.1, 0.15) is 35.4 Å². The number of ketones is 1. The molecule has 140 valence electrons. The highest BCUT2D eigenvalue weighted by Gasteiger charge is 2.21. The predicted molar refractivity (Wildman–Crippen MR) is 112 cm³/mol. The van der Waals surface area contributed by atoms with Crippen LogP contribution >= 0.6 is 11.3 Å². The second-order valence-corrected chi connectivity index (χ2v) is 8.89. The Bertz CT molecular complexity index is 911. The highest BCUT2D eigenvalue weighted by molar-refractivity contribution is 7.18. The molecule has 0 atom stereocenters. The number of piperidine rings is 1. The fourth-order valence-corrected chi connectivity index (χ4v) is 4.90. The number of rotatable bonds is 6. The number of hydrogen-bond donors (Lipinski definition) is 0. The van der Waals surface area contributed by atoms with E-state index in [0.717, 1.165) is 55.0 Å². The Morgan fingerprint density at radius 1 is 1.11 bits per heavy atom. The highest BCUT2D eigenvalue weighted by atomic mass is 32.1. The van der Waals surface area contributed by atoms with Crippen molar-refractivity contribution < 1.29 is 4.79 Å². The van der Waals surface area contributed by atoms with Crippen molar-refractivity contribution >= 4 is 27.3 Å². The number of aromatic nitrogens is 1. The van der Waals surface area contributed by atoms with E-state index < -0.39 is 0 Å². The summed E-state index contributed by atoms with van der Waals surface area (Å²) in [6, 6.07) is 16.9. The molecule has 4 heteroatoms. The average Bonchev–Trinajstić information content (AvgIpc) is 3.03. The van der Waals surface area contributed by atoms with E-state index in [9.17, 15) is 4.79 Å². The fourth-order valence-electron chi connectivity index (χ4n) is 4.01. The maximum Gasteiger partial charge on any atom is 0.137 e. The Morgan fingerprint density at radius 3 is 2.67 bits per heavy atom. The van der Waals surface area contributed by atoms with E-state index in [2.05, 4.69) is 52.3 Å².